The summed E-state index contributed by atoms with van der Waals surface area (Å²) in [7, 11) is 1.65. The number of hydrogen-bond acceptors (Lipinski definition) is 3. The van der Waals surface area contributed by atoms with Crippen molar-refractivity contribution in [2.24, 2.45) is 5.10 Å². The van der Waals surface area contributed by atoms with E-state index in [4.69, 9.17) is 17.0 Å². The second-order valence-corrected chi connectivity index (χ2v) is 6.29. The highest BCUT2D eigenvalue weighted by Crippen LogP contribution is 2.22. The van der Waals surface area contributed by atoms with Crippen LogP contribution < -0.4 is 10.7 Å². The molecule has 0 atom stereocenters. The van der Waals surface area contributed by atoms with Crippen LogP contribution in [0.5, 0.6) is 0 Å². The van der Waals surface area contributed by atoms with Crippen molar-refractivity contribution in [3.63, 3.8) is 0 Å². The molecule has 116 valence electrons. The molecule has 0 spiro atoms. The van der Waals surface area contributed by atoms with Gasteiger partial charge in [0.2, 0.25) is 0 Å². The Morgan fingerprint density at radius 1 is 1.24 bits per heavy atom. The van der Waals surface area contributed by atoms with Gasteiger partial charge in [0.25, 0.3) is 0 Å². The quantitative estimate of drug-likeness (QED) is 0.380. The zero-order valence-electron chi connectivity index (χ0n) is 13.5. The van der Waals surface area contributed by atoms with Crippen LogP contribution in [-0.2, 0) is 10.2 Å². The fraction of sp³-hybridized carbons (Fsp3) is 0.500. The molecule has 0 aliphatic rings. The predicted octanol–water partition coefficient (Wildman–Crippen LogP) is 2.82. The average Bonchev–Trinajstić information content (AvgIpc) is 2.44. The molecule has 4 nitrogen and oxygen atoms in total. The molecule has 0 amide bonds. The summed E-state index contributed by atoms with van der Waals surface area (Å²) < 4.78 is 4.94. The lowest BCUT2D eigenvalue weighted by Gasteiger charge is -2.19. The fourth-order valence-corrected chi connectivity index (χ4v) is 1.86. The minimum absolute atomic E-state index is 0.161. The van der Waals surface area contributed by atoms with E-state index in [1.54, 1.807) is 7.11 Å². The van der Waals surface area contributed by atoms with E-state index in [1.807, 2.05) is 6.92 Å². The van der Waals surface area contributed by atoms with Crippen LogP contribution in [0.2, 0.25) is 0 Å². The van der Waals surface area contributed by atoms with Gasteiger partial charge in [-0.3, -0.25) is 5.43 Å². The first-order valence-electron chi connectivity index (χ1n) is 7.02. The van der Waals surface area contributed by atoms with E-state index >= 15 is 0 Å². The van der Waals surface area contributed by atoms with Crippen molar-refractivity contribution in [1.82, 2.24) is 10.7 Å². The molecule has 2 N–H and O–H groups in total. The number of methoxy groups -OCH3 is 1. The van der Waals surface area contributed by atoms with Gasteiger partial charge in [0.15, 0.2) is 5.11 Å². The molecule has 0 fully saturated rings. The van der Waals surface area contributed by atoms with Crippen LogP contribution in [0.3, 0.4) is 0 Å². The normalized spacial score (nSPS) is 12.1. The predicted molar refractivity (Wildman–Crippen MR) is 93.0 cm³/mol. The zero-order chi connectivity index (χ0) is 15.9. The van der Waals surface area contributed by atoms with E-state index in [0.717, 1.165) is 11.3 Å². The minimum atomic E-state index is 0.161. The van der Waals surface area contributed by atoms with Crippen LogP contribution in [0.4, 0.5) is 0 Å². The highest BCUT2D eigenvalue weighted by molar-refractivity contribution is 7.80. The maximum atomic E-state index is 5.12. The Balaban J connectivity index is 2.60. The molecule has 21 heavy (non-hydrogen) atoms. The summed E-state index contributed by atoms with van der Waals surface area (Å²) >= 11 is 5.12. The maximum Gasteiger partial charge on any atom is 0.187 e. The fourth-order valence-electron chi connectivity index (χ4n) is 1.72. The Labute approximate surface area is 133 Å². The van der Waals surface area contributed by atoms with Crippen LogP contribution in [0.1, 0.15) is 38.8 Å². The largest absolute Gasteiger partial charge is 0.383 e. The highest BCUT2D eigenvalue weighted by atomic mass is 32.1. The molecular formula is C16H25N3OS. The molecule has 1 aromatic rings. The first-order chi connectivity index (χ1) is 9.84. The van der Waals surface area contributed by atoms with Crippen LogP contribution in [0.15, 0.2) is 29.4 Å². The van der Waals surface area contributed by atoms with Gasteiger partial charge in [0.05, 0.1) is 12.3 Å². The van der Waals surface area contributed by atoms with Gasteiger partial charge in [-0.05, 0) is 35.7 Å². The molecule has 0 saturated carbocycles. The summed E-state index contributed by atoms with van der Waals surface area (Å²) in [5, 5.41) is 7.79. The molecule has 0 aliphatic heterocycles. The molecule has 0 aromatic heterocycles. The number of nitrogens with zero attached hydrogens (tertiary/aromatic N) is 1. The summed E-state index contributed by atoms with van der Waals surface area (Å²) in [6.45, 7) is 9.84. The maximum absolute atomic E-state index is 5.12. The summed E-state index contributed by atoms with van der Waals surface area (Å²) in [4.78, 5) is 0. The summed E-state index contributed by atoms with van der Waals surface area (Å²) in [6, 6.07) is 8.46. The van der Waals surface area contributed by atoms with E-state index < -0.39 is 0 Å². The van der Waals surface area contributed by atoms with E-state index in [-0.39, 0.29) is 5.41 Å². The Morgan fingerprint density at radius 2 is 1.86 bits per heavy atom. The van der Waals surface area contributed by atoms with Crippen molar-refractivity contribution in [3.05, 3.63) is 35.4 Å². The van der Waals surface area contributed by atoms with Crippen molar-refractivity contribution in [1.29, 1.82) is 0 Å². The van der Waals surface area contributed by atoms with Gasteiger partial charge in [-0.1, -0.05) is 45.0 Å². The average molecular weight is 307 g/mol. The van der Waals surface area contributed by atoms with Crippen molar-refractivity contribution >= 4 is 23.0 Å². The number of ether oxygens (including phenoxy) is 1. The smallest absolute Gasteiger partial charge is 0.187 e. The van der Waals surface area contributed by atoms with Crippen molar-refractivity contribution in [2.75, 3.05) is 20.3 Å². The number of hydrogen-bond donors (Lipinski definition) is 2. The monoisotopic (exact) mass is 307 g/mol. The number of benzene rings is 1. The lowest BCUT2D eigenvalue weighted by molar-refractivity contribution is 0.204. The Morgan fingerprint density at radius 3 is 2.38 bits per heavy atom. The molecular weight excluding hydrogens is 282 g/mol. The van der Waals surface area contributed by atoms with Crippen LogP contribution in [-0.4, -0.2) is 31.1 Å². The molecule has 5 heteroatoms. The molecule has 0 saturated heterocycles. The third kappa shape index (κ3) is 6.23. The standard InChI is InChI=1S/C16H25N3OS/c1-12(18-19-15(21)17-10-11-20-5)13-6-8-14(9-7-13)16(2,3)4/h6-9H,10-11H2,1-5H3,(H2,17,19,21)/b18-12+. The van der Waals surface area contributed by atoms with E-state index in [9.17, 15) is 0 Å². The number of nitrogens with one attached hydrogen (secondary N) is 2. The van der Waals surface area contributed by atoms with E-state index in [0.29, 0.717) is 18.3 Å². The summed E-state index contributed by atoms with van der Waals surface area (Å²) in [5.41, 5.74) is 6.28. The Bertz CT molecular complexity index is 489. The van der Waals surface area contributed by atoms with Gasteiger partial charge in [0.1, 0.15) is 0 Å². The first kappa shape index (κ1) is 17.6. The van der Waals surface area contributed by atoms with Gasteiger partial charge in [-0.2, -0.15) is 5.10 Å². The van der Waals surface area contributed by atoms with Gasteiger partial charge in [-0.15, -0.1) is 0 Å². The van der Waals surface area contributed by atoms with Gasteiger partial charge in [0, 0.05) is 13.7 Å². The van der Waals surface area contributed by atoms with Crippen molar-refractivity contribution < 1.29 is 4.74 Å². The molecule has 0 bridgehead atoms. The highest BCUT2D eigenvalue weighted by Gasteiger charge is 2.13. The van der Waals surface area contributed by atoms with Crippen LogP contribution in [0.25, 0.3) is 0 Å². The van der Waals surface area contributed by atoms with Crippen molar-refractivity contribution in [3.8, 4) is 0 Å². The van der Waals surface area contributed by atoms with Crippen LogP contribution >= 0.6 is 12.2 Å². The first-order valence-corrected chi connectivity index (χ1v) is 7.43. The van der Waals surface area contributed by atoms with Gasteiger partial charge >= 0.3 is 0 Å². The molecule has 0 radical (unpaired) electrons. The van der Waals surface area contributed by atoms with E-state index in [2.05, 4.69) is 60.9 Å². The summed E-state index contributed by atoms with van der Waals surface area (Å²) in [6.07, 6.45) is 0. The lowest BCUT2D eigenvalue weighted by Crippen LogP contribution is -2.34. The molecule has 0 heterocycles. The molecule has 1 rings (SSSR count). The zero-order valence-corrected chi connectivity index (χ0v) is 14.3. The third-order valence-corrected chi connectivity index (χ3v) is 3.32. The SMILES string of the molecule is COCCNC(=S)N/N=C(\C)c1ccc(C(C)(C)C)cc1. The number of rotatable bonds is 5. The lowest BCUT2D eigenvalue weighted by atomic mass is 9.86. The van der Waals surface area contributed by atoms with Crippen molar-refractivity contribution in [2.45, 2.75) is 33.1 Å². The topological polar surface area (TPSA) is 45.6 Å². The second kappa shape index (κ2) is 8.10. The Hall–Kier alpha value is -1.46. The molecule has 0 aliphatic carbocycles. The third-order valence-electron chi connectivity index (χ3n) is 3.09. The number of thiocarbonyl (C=S) groups is 1. The van der Waals surface area contributed by atoms with Crippen LogP contribution in [0, 0.1) is 0 Å². The molecule has 1 aromatic carbocycles. The number of hydrazone groups is 1. The summed E-state index contributed by atoms with van der Waals surface area (Å²) in [5.74, 6) is 0. The van der Waals surface area contributed by atoms with Gasteiger partial charge in [-0.25, -0.2) is 0 Å². The minimum Gasteiger partial charge on any atom is -0.383 e. The second-order valence-electron chi connectivity index (χ2n) is 5.89. The van der Waals surface area contributed by atoms with Gasteiger partial charge < -0.3 is 10.1 Å². The van der Waals surface area contributed by atoms with E-state index in [1.165, 1.54) is 5.56 Å². The molecule has 0 unspecified atom stereocenters. The Kier molecular flexibility index (Phi) is 6.78.